The van der Waals surface area contributed by atoms with Gasteiger partial charge in [0.15, 0.2) is 0 Å². The minimum absolute atomic E-state index is 1.10. The van der Waals surface area contributed by atoms with Crippen molar-refractivity contribution in [3.8, 4) is 0 Å². The number of rotatable bonds is 0. The lowest BCUT2D eigenvalue weighted by Crippen LogP contribution is -1.77. The van der Waals surface area contributed by atoms with Gasteiger partial charge in [0.1, 0.15) is 0 Å². The summed E-state index contributed by atoms with van der Waals surface area (Å²) in [5, 5.41) is 0. The van der Waals surface area contributed by atoms with Crippen LogP contribution >= 0.6 is 0 Å². The minimum atomic E-state index is 1.10. The number of allylic oxidation sites excluding steroid dienone is 6. The van der Waals surface area contributed by atoms with Crippen molar-refractivity contribution in [2.24, 2.45) is 0 Å². The summed E-state index contributed by atoms with van der Waals surface area (Å²) in [5.41, 5.74) is 0. The van der Waals surface area contributed by atoms with E-state index in [4.69, 9.17) is 0 Å². The van der Waals surface area contributed by atoms with Gasteiger partial charge in [-0.05, 0) is 38.5 Å². The molecule has 0 aromatic rings. The Kier molecular flexibility index (Phi) is 7.10. The number of hydrogen-bond donors (Lipinski definition) is 0. The molecule has 0 aromatic heterocycles. The van der Waals surface area contributed by atoms with Gasteiger partial charge in [0.25, 0.3) is 0 Å². The first-order valence-electron chi connectivity index (χ1n) is 5.95. The molecule has 0 unspecified atom stereocenters. The Labute approximate surface area is 88.4 Å². The fraction of sp³-hybridized carbons (Fsp3) is 0.571. The van der Waals surface area contributed by atoms with E-state index in [0.717, 1.165) is 12.8 Å². The highest BCUT2D eigenvalue weighted by molar-refractivity contribution is 4.97. The standard InChI is InChI=1S/C14H22/c1-2-4-6-8-10-12-14-13-11-9-7-5-3-1/h1-2,5-8H,3-4,9-14H2/b2-1?,7-5-,8-6+. The molecule has 0 heteroatoms. The van der Waals surface area contributed by atoms with Crippen LogP contribution in [0.2, 0.25) is 0 Å². The molecule has 1 aliphatic rings. The molecule has 0 nitrogen and oxygen atoms in total. The van der Waals surface area contributed by atoms with Crippen molar-refractivity contribution >= 4 is 0 Å². The molecule has 0 aromatic carbocycles. The van der Waals surface area contributed by atoms with Crippen molar-refractivity contribution in [3.05, 3.63) is 36.5 Å². The highest BCUT2D eigenvalue weighted by Crippen LogP contribution is 2.07. The molecule has 78 valence electrons. The normalized spacial score (nSPS) is 25.1. The second-order valence-corrected chi connectivity index (χ2v) is 3.88. The van der Waals surface area contributed by atoms with Crippen LogP contribution in [0.5, 0.6) is 0 Å². The van der Waals surface area contributed by atoms with Crippen LogP contribution in [0.3, 0.4) is 0 Å². The summed E-state index contributed by atoms with van der Waals surface area (Å²) in [6.07, 6.45) is 24.0. The van der Waals surface area contributed by atoms with Gasteiger partial charge in [-0.25, -0.2) is 0 Å². The predicted octanol–water partition coefficient (Wildman–Crippen LogP) is 4.79. The van der Waals surface area contributed by atoms with E-state index < -0.39 is 0 Å². The summed E-state index contributed by atoms with van der Waals surface area (Å²) in [6, 6.07) is 0. The molecular weight excluding hydrogens is 168 g/mol. The van der Waals surface area contributed by atoms with E-state index in [2.05, 4.69) is 36.5 Å². The van der Waals surface area contributed by atoms with Gasteiger partial charge in [-0.2, -0.15) is 0 Å². The fourth-order valence-electron chi connectivity index (χ4n) is 1.66. The summed E-state index contributed by atoms with van der Waals surface area (Å²) >= 11 is 0. The molecule has 0 heterocycles. The average Bonchev–Trinajstić information content (AvgIpc) is 2.22. The summed E-state index contributed by atoms with van der Waals surface area (Å²) in [7, 11) is 0. The summed E-state index contributed by atoms with van der Waals surface area (Å²) in [6.45, 7) is 0. The van der Waals surface area contributed by atoms with Crippen LogP contribution in [0, 0.1) is 0 Å². The van der Waals surface area contributed by atoms with Gasteiger partial charge < -0.3 is 0 Å². The van der Waals surface area contributed by atoms with E-state index in [1.165, 1.54) is 38.5 Å². The van der Waals surface area contributed by atoms with Crippen molar-refractivity contribution in [2.45, 2.75) is 51.4 Å². The predicted molar refractivity (Wildman–Crippen MR) is 64.4 cm³/mol. The third kappa shape index (κ3) is 6.71. The summed E-state index contributed by atoms with van der Waals surface area (Å²) in [4.78, 5) is 0. The Morgan fingerprint density at radius 2 is 0.857 bits per heavy atom. The molecule has 0 saturated carbocycles. The van der Waals surface area contributed by atoms with Crippen LogP contribution in [0.4, 0.5) is 0 Å². The van der Waals surface area contributed by atoms with Crippen molar-refractivity contribution in [1.29, 1.82) is 0 Å². The molecule has 0 aliphatic heterocycles. The lowest BCUT2D eigenvalue weighted by atomic mass is 10.1. The molecule has 0 atom stereocenters. The van der Waals surface area contributed by atoms with Gasteiger partial charge in [-0.1, -0.05) is 49.3 Å². The maximum Gasteiger partial charge on any atom is -0.0169 e. The molecule has 1 rings (SSSR count). The highest BCUT2D eigenvalue weighted by Gasteiger charge is 1.87. The molecule has 1 aliphatic carbocycles. The third-order valence-electron chi connectivity index (χ3n) is 2.54. The topological polar surface area (TPSA) is 0 Å². The van der Waals surface area contributed by atoms with Crippen LogP contribution in [0.1, 0.15) is 51.4 Å². The van der Waals surface area contributed by atoms with Crippen LogP contribution in [-0.2, 0) is 0 Å². The highest BCUT2D eigenvalue weighted by atomic mass is 13.9. The minimum Gasteiger partial charge on any atom is -0.0882 e. The van der Waals surface area contributed by atoms with Crippen LogP contribution in [0.15, 0.2) is 36.5 Å². The van der Waals surface area contributed by atoms with Gasteiger partial charge in [-0.3, -0.25) is 0 Å². The molecule has 0 amide bonds. The molecule has 0 bridgehead atoms. The molecule has 0 spiro atoms. The molecule has 0 saturated heterocycles. The summed E-state index contributed by atoms with van der Waals surface area (Å²) in [5.74, 6) is 0. The monoisotopic (exact) mass is 190 g/mol. The van der Waals surface area contributed by atoms with E-state index in [9.17, 15) is 0 Å². The fourth-order valence-corrected chi connectivity index (χ4v) is 1.66. The van der Waals surface area contributed by atoms with Crippen LogP contribution in [-0.4, -0.2) is 0 Å². The van der Waals surface area contributed by atoms with Crippen molar-refractivity contribution in [2.75, 3.05) is 0 Å². The summed E-state index contributed by atoms with van der Waals surface area (Å²) < 4.78 is 0. The Morgan fingerprint density at radius 3 is 1.36 bits per heavy atom. The first kappa shape index (κ1) is 11.3. The van der Waals surface area contributed by atoms with Gasteiger partial charge >= 0.3 is 0 Å². The largest absolute Gasteiger partial charge is 0.0882 e. The van der Waals surface area contributed by atoms with E-state index in [0.29, 0.717) is 0 Å². The van der Waals surface area contributed by atoms with E-state index in [1.54, 1.807) is 0 Å². The molecule has 14 heavy (non-hydrogen) atoms. The van der Waals surface area contributed by atoms with Gasteiger partial charge in [-0.15, -0.1) is 0 Å². The van der Waals surface area contributed by atoms with Gasteiger partial charge in [0.05, 0.1) is 0 Å². The maximum absolute atomic E-state index is 2.33. The quantitative estimate of drug-likeness (QED) is 0.482. The van der Waals surface area contributed by atoms with Crippen LogP contribution < -0.4 is 0 Å². The zero-order chi connectivity index (χ0) is 9.90. The van der Waals surface area contributed by atoms with E-state index >= 15 is 0 Å². The second kappa shape index (κ2) is 8.80. The van der Waals surface area contributed by atoms with E-state index in [-0.39, 0.29) is 0 Å². The van der Waals surface area contributed by atoms with Crippen molar-refractivity contribution in [3.63, 3.8) is 0 Å². The molecule has 0 N–H and O–H groups in total. The third-order valence-corrected chi connectivity index (χ3v) is 2.54. The smallest absolute Gasteiger partial charge is 0.0169 e. The first-order chi connectivity index (χ1) is 7.00. The van der Waals surface area contributed by atoms with E-state index in [1.807, 2.05) is 0 Å². The lowest BCUT2D eigenvalue weighted by Gasteiger charge is -1.97. The van der Waals surface area contributed by atoms with Crippen LogP contribution in [0.25, 0.3) is 0 Å². The zero-order valence-electron chi connectivity index (χ0n) is 9.12. The lowest BCUT2D eigenvalue weighted by molar-refractivity contribution is 0.651. The first-order valence-corrected chi connectivity index (χ1v) is 5.95. The zero-order valence-corrected chi connectivity index (χ0v) is 9.12. The molecule has 0 radical (unpaired) electrons. The molecule has 0 fully saturated rings. The van der Waals surface area contributed by atoms with Gasteiger partial charge in [0, 0.05) is 0 Å². The Bertz CT molecular complexity index is 174. The van der Waals surface area contributed by atoms with Crippen molar-refractivity contribution < 1.29 is 0 Å². The Balaban J connectivity index is 2.26. The second-order valence-electron chi connectivity index (χ2n) is 3.88. The Morgan fingerprint density at radius 1 is 0.429 bits per heavy atom. The van der Waals surface area contributed by atoms with Crippen molar-refractivity contribution in [1.82, 2.24) is 0 Å². The average molecular weight is 190 g/mol. The Hall–Kier alpha value is -0.780. The SMILES string of the molecule is C1=CC/C=C/CCCCCC/C=C\C1. The molecular formula is C14H22. The maximum atomic E-state index is 2.33. The number of hydrogen-bond acceptors (Lipinski definition) is 0. The van der Waals surface area contributed by atoms with Gasteiger partial charge in [0.2, 0.25) is 0 Å².